The lowest BCUT2D eigenvalue weighted by Gasteiger charge is -2.27. The molecule has 0 amide bonds. The lowest BCUT2D eigenvalue weighted by Crippen LogP contribution is -2.31. The van der Waals surface area contributed by atoms with E-state index >= 15 is 0 Å². The minimum absolute atomic E-state index is 0.0410. The van der Waals surface area contributed by atoms with Crippen molar-refractivity contribution in [1.29, 1.82) is 0 Å². The zero-order chi connectivity index (χ0) is 15.2. The zero-order valence-corrected chi connectivity index (χ0v) is 13.0. The molecule has 2 atom stereocenters. The third kappa shape index (κ3) is 3.99. The van der Waals surface area contributed by atoms with Crippen LogP contribution in [0, 0.1) is 5.92 Å². The summed E-state index contributed by atoms with van der Waals surface area (Å²) in [4.78, 5) is 2.22. The molecule has 0 aliphatic carbocycles. The highest BCUT2D eigenvalue weighted by atomic mass is 16.5. The maximum absolute atomic E-state index is 6.37. The topological polar surface area (TPSA) is 38.5 Å². The number of rotatable bonds is 6. The van der Waals surface area contributed by atoms with Crippen LogP contribution in [0.3, 0.4) is 0 Å². The molecule has 0 aromatic heterocycles. The van der Waals surface area contributed by atoms with Crippen LogP contribution in [-0.2, 0) is 0 Å². The van der Waals surface area contributed by atoms with Crippen LogP contribution in [0.25, 0.3) is 0 Å². The molecular weight excluding hydrogens is 260 g/mol. The Morgan fingerprint density at radius 3 is 2.48 bits per heavy atom. The summed E-state index contributed by atoms with van der Waals surface area (Å²) in [5.41, 5.74) is 8.69. The van der Waals surface area contributed by atoms with E-state index in [0.29, 0.717) is 5.92 Å². The van der Waals surface area contributed by atoms with Crippen LogP contribution in [0.1, 0.15) is 18.5 Å². The van der Waals surface area contributed by atoms with Crippen LogP contribution in [0.4, 0.5) is 5.69 Å². The fourth-order valence-corrected chi connectivity index (χ4v) is 2.50. The molecule has 0 radical (unpaired) electrons. The van der Waals surface area contributed by atoms with Crippen molar-refractivity contribution in [2.24, 2.45) is 11.7 Å². The minimum atomic E-state index is 0.0410. The average Bonchev–Trinajstić information content (AvgIpc) is 2.54. The van der Waals surface area contributed by atoms with Gasteiger partial charge in [0, 0.05) is 31.4 Å². The number of anilines is 1. The number of nitrogens with two attached hydrogens (primary N) is 1. The van der Waals surface area contributed by atoms with Crippen molar-refractivity contribution in [1.82, 2.24) is 0 Å². The van der Waals surface area contributed by atoms with Crippen molar-refractivity contribution >= 4 is 5.69 Å². The van der Waals surface area contributed by atoms with E-state index < -0.39 is 0 Å². The molecule has 3 heteroatoms. The number of hydrogen-bond acceptors (Lipinski definition) is 3. The van der Waals surface area contributed by atoms with Crippen LogP contribution in [-0.4, -0.2) is 20.7 Å². The highest BCUT2D eigenvalue weighted by Crippen LogP contribution is 2.24. The van der Waals surface area contributed by atoms with Crippen LogP contribution in [0.5, 0.6) is 5.75 Å². The molecular formula is C18H24N2O. The molecule has 0 saturated carbocycles. The Hall–Kier alpha value is -2.00. The third-order valence-corrected chi connectivity index (χ3v) is 3.85. The first-order valence-electron chi connectivity index (χ1n) is 7.27. The van der Waals surface area contributed by atoms with E-state index in [1.807, 2.05) is 36.4 Å². The summed E-state index contributed by atoms with van der Waals surface area (Å²) >= 11 is 0. The van der Waals surface area contributed by atoms with Gasteiger partial charge in [-0.3, -0.25) is 0 Å². The van der Waals surface area contributed by atoms with E-state index in [-0.39, 0.29) is 6.04 Å². The maximum atomic E-state index is 6.37. The lowest BCUT2D eigenvalue weighted by molar-refractivity contribution is 0.414. The Balaban J connectivity index is 2.03. The molecule has 0 fully saturated rings. The number of ether oxygens (including phenoxy) is 1. The lowest BCUT2D eigenvalue weighted by atomic mass is 9.95. The average molecular weight is 284 g/mol. The fraction of sp³-hybridized carbons (Fsp3) is 0.333. The molecule has 2 aromatic rings. The quantitative estimate of drug-likeness (QED) is 0.882. The van der Waals surface area contributed by atoms with Gasteiger partial charge in [0.2, 0.25) is 0 Å². The Bertz CT molecular complexity index is 556. The number of benzene rings is 2. The van der Waals surface area contributed by atoms with Gasteiger partial charge in [-0.1, -0.05) is 43.3 Å². The summed E-state index contributed by atoms with van der Waals surface area (Å²) in [7, 11) is 3.77. The van der Waals surface area contributed by atoms with Gasteiger partial charge in [0.1, 0.15) is 5.75 Å². The maximum Gasteiger partial charge on any atom is 0.120 e. The van der Waals surface area contributed by atoms with Crippen LogP contribution < -0.4 is 15.4 Å². The summed E-state index contributed by atoms with van der Waals surface area (Å²) in [6.07, 6.45) is 0. The monoisotopic (exact) mass is 284 g/mol. The van der Waals surface area contributed by atoms with E-state index in [1.54, 1.807) is 7.11 Å². The van der Waals surface area contributed by atoms with Crippen molar-refractivity contribution in [2.45, 2.75) is 13.0 Å². The second-order valence-corrected chi connectivity index (χ2v) is 5.50. The Morgan fingerprint density at radius 2 is 1.81 bits per heavy atom. The largest absolute Gasteiger partial charge is 0.497 e. The molecule has 0 spiro atoms. The van der Waals surface area contributed by atoms with Crippen molar-refractivity contribution in [3.63, 3.8) is 0 Å². The zero-order valence-electron chi connectivity index (χ0n) is 13.0. The summed E-state index contributed by atoms with van der Waals surface area (Å²) < 4.78 is 5.28. The third-order valence-electron chi connectivity index (χ3n) is 3.85. The first kappa shape index (κ1) is 15.4. The van der Waals surface area contributed by atoms with Crippen molar-refractivity contribution in [3.8, 4) is 5.75 Å². The summed E-state index contributed by atoms with van der Waals surface area (Å²) in [5.74, 6) is 1.22. The van der Waals surface area contributed by atoms with Crippen LogP contribution in [0.15, 0.2) is 54.6 Å². The minimum Gasteiger partial charge on any atom is -0.497 e. The molecule has 21 heavy (non-hydrogen) atoms. The van der Waals surface area contributed by atoms with E-state index in [1.165, 1.54) is 5.56 Å². The number of hydrogen-bond donors (Lipinski definition) is 1. The van der Waals surface area contributed by atoms with Gasteiger partial charge in [-0.15, -0.1) is 0 Å². The predicted octanol–water partition coefficient (Wildman–Crippen LogP) is 3.47. The molecule has 2 aromatic carbocycles. The molecule has 112 valence electrons. The molecule has 0 aliphatic rings. The van der Waals surface area contributed by atoms with E-state index in [9.17, 15) is 0 Å². The number of nitrogens with zero attached hydrogens (tertiary/aromatic N) is 1. The van der Waals surface area contributed by atoms with Gasteiger partial charge in [0.05, 0.1) is 7.11 Å². The standard InChI is InChI=1S/C18H24N2O/c1-14(18(19)15-8-5-4-6-9-15)13-20(2)16-10-7-11-17(12-16)21-3/h4-12,14,18H,13,19H2,1-3H3. The molecule has 0 saturated heterocycles. The highest BCUT2D eigenvalue weighted by Gasteiger charge is 2.17. The van der Waals surface area contributed by atoms with Gasteiger partial charge in [-0.2, -0.15) is 0 Å². The molecule has 0 aliphatic heterocycles. The molecule has 0 bridgehead atoms. The van der Waals surface area contributed by atoms with Crippen molar-refractivity contribution < 1.29 is 4.74 Å². The molecule has 3 nitrogen and oxygen atoms in total. The fourth-order valence-electron chi connectivity index (χ4n) is 2.50. The van der Waals surface area contributed by atoms with Crippen molar-refractivity contribution in [2.75, 3.05) is 25.6 Å². The number of methoxy groups -OCH3 is 1. The first-order valence-corrected chi connectivity index (χ1v) is 7.27. The van der Waals surface area contributed by atoms with Gasteiger partial charge < -0.3 is 15.4 Å². The predicted molar refractivity (Wildman–Crippen MR) is 88.8 cm³/mol. The Morgan fingerprint density at radius 1 is 1.10 bits per heavy atom. The normalized spacial score (nSPS) is 13.5. The van der Waals surface area contributed by atoms with Crippen molar-refractivity contribution in [3.05, 3.63) is 60.2 Å². The summed E-state index contributed by atoms with van der Waals surface area (Å²) in [6, 6.07) is 18.4. The van der Waals surface area contributed by atoms with Gasteiger partial charge in [0.25, 0.3) is 0 Å². The highest BCUT2D eigenvalue weighted by molar-refractivity contribution is 5.50. The van der Waals surface area contributed by atoms with Gasteiger partial charge >= 0.3 is 0 Å². The SMILES string of the molecule is COc1cccc(N(C)CC(C)C(N)c2ccccc2)c1. The summed E-state index contributed by atoms with van der Waals surface area (Å²) in [6.45, 7) is 3.08. The summed E-state index contributed by atoms with van der Waals surface area (Å²) in [5, 5.41) is 0. The smallest absolute Gasteiger partial charge is 0.120 e. The Kier molecular flexibility index (Phi) is 5.23. The second-order valence-electron chi connectivity index (χ2n) is 5.50. The van der Waals surface area contributed by atoms with Crippen LogP contribution in [0.2, 0.25) is 0 Å². The van der Waals surface area contributed by atoms with E-state index in [2.05, 4.69) is 37.1 Å². The van der Waals surface area contributed by atoms with Crippen LogP contribution >= 0.6 is 0 Å². The second kappa shape index (κ2) is 7.14. The van der Waals surface area contributed by atoms with Gasteiger partial charge in [0.15, 0.2) is 0 Å². The molecule has 0 heterocycles. The van der Waals surface area contributed by atoms with E-state index in [4.69, 9.17) is 10.5 Å². The van der Waals surface area contributed by atoms with Gasteiger partial charge in [-0.25, -0.2) is 0 Å². The first-order chi connectivity index (χ1) is 10.1. The van der Waals surface area contributed by atoms with Gasteiger partial charge in [-0.05, 0) is 23.6 Å². The van der Waals surface area contributed by atoms with E-state index in [0.717, 1.165) is 18.0 Å². The molecule has 2 unspecified atom stereocenters. The molecule has 2 rings (SSSR count). The Labute approximate surface area is 127 Å². The molecule has 2 N–H and O–H groups in total.